The van der Waals surface area contributed by atoms with Crippen LogP contribution in [-0.2, 0) is 4.79 Å². The Labute approximate surface area is 129 Å². The number of aliphatic carboxylic acids is 1. The second kappa shape index (κ2) is 5.98. The summed E-state index contributed by atoms with van der Waals surface area (Å²) in [5.74, 6) is -0.787. The first-order chi connectivity index (χ1) is 10.6. The molecule has 0 saturated heterocycles. The molecule has 1 unspecified atom stereocenters. The maximum atomic E-state index is 10.9. The third kappa shape index (κ3) is 2.84. The van der Waals surface area contributed by atoms with E-state index in [0.717, 1.165) is 27.6 Å². The molecule has 22 heavy (non-hydrogen) atoms. The fourth-order valence-corrected chi connectivity index (χ4v) is 2.73. The zero-order chi connectivity index (χ0) is 15.5. The molecule has 1 aromatic heterocycles. The second-order valence-corrected chi connectivity index (χ2v) is 5.51. The first kappa shape index (κ1) is 14.3. The molecule has 110 valence electrons. The maximum Gasteiger partial charge on any atom is 0.303 e. The number of hydrogen-bond donors (Lipinski definition) is 1. The van der Waals surface area contributed by atoms with Crippen molar-refractivity contribution in [3.63, 3.8) is 0 Å². The fraction of sp³-hybridized carbons (Fsp3) is 0.158. The van der Waals surface area contributed by atoms with Gasteiger partial charge in [0, 0.05) is 17.1 Å². The molecular weight excluding hydrogens is 274 g/mol. The molecule has 0 bridgehead atoms. The van der Waals surface area contributed by atoms with Crippen molar-refractivity contribution >= 4 is 16.9 Å². The highest BCUT2D eigenvalue weighted by molar-refractivity contribution is 5.93. The van der Waals surface area contributed by atoms with Crippen LogP contribution in [0, 0.1) is 0 Å². The monoisotopic (exact) mass is 291 g/mol. The number of benzene rings is 2. The zero-order valence-corrected chi connectivity index (χ0v) is 12.4. The topological polar surface area (TPSA) is 50.2 Å². The molecule has 0 fully saturated rings. The number of carbonyl (C=O) groups is 1. The lowest BCUT2D eigenvalue weighted by Gasteiger charge is -2.12. The summed E-state index contributed by atoms with van der Waals surface area (Å²) in [4.78, 5) is 15.4. The predicted molar refractivity (Wildman–Crippen MR) is 87.8 cm³/mol. The Morgan fingerprint density at radius 1 is 1.14 bits per heavy atom. The van der Waals surface area contributed by atoms with E-state index in [0.29, 0.717) is 0 Å². The van der Waals surface area contributed by atoms with Gasteiger partial charge in [-0.15, -0.1) is 0 Å². The van der Waals surface area contributed by atoms with Crippen molar-refractivity contribution in [2.75, 3.05) is 0 Å². The van der Waals surface area contributed by atoms with Crippen molar-refractivity contribution in [3.8, 4) is 11.1 Å². The van der Waals surface area contributed by atoms with Crippen LogP contribution in [0.1, 0.15) is 24.8 Å². The molecule has 0 aliphatic heterocycles. The lowest BCUT2D eigenvalue weighted by atomic mass is 9.93. The first-order valence-corrected chi connectivity index (χ1v) is 7.31. The summed E-state index contributed by atoms with van der Waals surface area (Å²) in [5.41, 5.74) is 4.14. The molecule has 1 atom stereocenters. The smallest absolute Gasteiger partial charge is 0.303 e. The quantitative estimate of drug-likeness (QED) is 0.771. The number of hydrogen-bond acceptors (Lipinski definition) is 2. The van der Waals surface area contributed by atoms with Gasteiger partial charge in [-0.1, -0.05) is 55.5 Å². The van der Waals surface area contributed by atoms with Crippen molar-refractivity contribution in [3.05, 3.63) is 66.4 Å². The van der Waals surface area contributed by atoms with Crippen LogP contribution in [0.25, 0.3) is 22.0 Å². The fourth-order valence-electron chi connectivity index (χ4n) is 2.73. The van der Waals surface area contributed by atoms with Crippen LogP contribution in [-0.4, -0.2) is 16.1 Å². The molecule has 0 amide bonds. The van der Waals surface area contributed by atoms with Gasteiger partial charge in [-0.25, -0.2) is 0 Å². The lowest BCUT2D eigenvalue weighted by Crippen LogP contribution is -2.02. The highest BCUT2D eigenvalue weighted by Gasteiger charge is 2.12. The van der Waals surface area contributed by atoms with E-state index >= 15 is 0 Å². The molecule has 1 N–H and O–H groups in total. The van der Waals surface area contributed by atoms with Crippen molar-refractivity contribution in [2.45, 2.75) is 19.3 Å². The van der Waals surface area contributed by atoms with Crippen LogP contribution in [0.15, 0.2) is 60.8 Å². The summed E-state index contributed by atoms with van der Waals surface area (Å²) in [7, 11) is 0. The van der Waals surface area contributed by atoms with Crippen LogP contribution < -0.4 is 0 Å². The van der Waals surface area contributed by atoms with Crippen LogP contribution in [0.4, 0.5) is 0 Å². The van der Waals surface area contributed by atoms with Gasteiger partial charge in [0.15, 0.2) is 0 Å². The number of pyridine rings is 1. The van der Waals surface area contributed by atoms with Crippen LogP contribution >= 0.6 is 0 Å². The third-order valence-corrected chi connectivity index (χ3v) is 3.88. The van der Waals surface area contributed by atoms with Gasteiger partial charge in [-0.05, 0) is 23.1 Å². The average molecular weight is 291 g/mol. The van der Waals surface area contributed by atoms with E-state index in [2.05, 4.69) is 17.1 Å². The highest BCUT2D eigenvalue weighted by Crippen LogP contribution is 2.30. The lowest BCUT2D eigenvalue weighted by molar-refractivity contribution is -0.137. The predicted octanol–water partition coefficient (Wildman–Crippen LogP) is 4.48. The Morgan fingerprint density at radius 3 is 2.73 bits per heavy atom. The van der Waals surface area contributed by atoms with E-state index < -0.39 is 5.97 Å². The highest BCUT2D eigenvalue weighted by atomic mass is 16.4. The van der Waals surface area contributed by atoms with Gasteiger partial charge in [-0.2, -0.15) is 0 Å². The average Bonchev–Trinajstić information content (AvgIpc) is 2.54. The largest absolute Gasteiger partial charge is 0.481 e. The minimum absolute atomic E-state index is 0.0135. The molecule has 3 nitrogen and oxygen atoms in total. The van der Waals surface area contributed by atoms with Crippen LogP contribution in [0.5, 0.6) is 0 Å². The minimum atomic E-state index is -0.773. The van der Waals surface area contributed by atoms with Gasteiger partial charge >= 0.3 is 5.97 Å². The van der Waals surface area contributed by atoms with E-state index in [1.165, 1.54) is 0 Å². The maximum absolute atomic E-state index is 10.9. The van der Waals surface area contributed by atoms with Gasteiger partial charge in [-0.3, -0.25) is 9.78 Å². The second-order valence-electron chi connectivity index (χ2n) is 5.51. The molecule has 0 aliphatic carbocycles. The van der Waals surface area contributed by atoms with Gasteiger partial charge in [0.1, 0.15) is 0 Å². The molecule has 0 aliphatic rings. The Bertz CT molecular complexity index is 821. The summed E-state index contributed by atoms with van der Waals surface area (Å²) >= 11 is 0. The summed E-state index contributed by atoms with van der Waals surface area (Å²) < 4.78 is 0. The van der Waals surface area contributed by atoms with Crippen molar-refractivity contribution in [1.82, 2.24) is 4.98 Å². The van der Waals surface area contributed by atoms with Crippen molar-refractivity contribution in [2.24, 2.45) is 0 Å². The van der Waals surface area contributed by atoms with E-state index in [9.17, 15) is 4.79 Å². The Balaban J connectivity index is 2.06. The number of aromatic nitrogens is 1. The Kier molecular flexibility index (Phi) is 3.88. The van der Waals surface area contributed by atoms with E-state index in [4.69, 9.17) is 5.11 Å². The molecule has 0 spiro atoms. The Morgan fingerprint density at radius 2 is 1.91 bits per heavy atom. The third-order valence-electron chi connectivity index (χ3n) is 3.88. The number of rotatable bonds is 4. The number of para-hydroxylation sites is 1. The molecule has 3 rings (SSSR count). The minimum Gasteiger partial charge on any atom is -0.481 e. The van der Waals surface area contributed by atoms with E-state index in [-0.39, 0.29) is 12.3 Å². The number of carboxylic acids is 1. The van der Waals surface area contributed by atoms with Crippen molar-refractivity contribution < 1.29 is 9.90 Å². The summed E-state index contributed by atoms with van der Waals surface area (Å²) in [5, 5.41) is 10.1. The van der Waals surface area contributed by atoms with E-state index in [1.807, 2.05) is 49.4 Å². The standard InChI is InChI=1S/C19H17NO2/c1-13(11-18(21)22)15-6-2-7-16(12-15)17-9-3-5-14-8-4-10-20-19(14)17/h2-10,12-13H,11H2,1H3,(H,21,22). The van der Waals surface area contributed by atoms with Gasteiger partial charge < -0.3 is 5.11 Å². The van der Waals surface area contributed by atoms with Gasteiger partial charge in [0.25, 0.3) is 0 Å². The molecule has 3 aromatic rings. The van der Waals surface area contributed by atoms with Crippen LogP contribution in [0.3, 0.4) is 0 Å². The number of carboxylic acid groups (broad SMARTS) is 1. The summed E-state index contributed by atoms with van der Waals surface area (Å²) in [6.45, 7) is 1.94. The molecule has 0 saturated carbocycles. The molecule has 0 radical (unpaired) electrons. The number of fused-ring (bicyclic) bond motifs is 1. The summed E-state index contributed by atoms with van der Waals surface area (Å²) in [6.07, 6.45) is 1.93. The number of nitrogens with zero attached hydrogens (tertiary/aromatic N) is 1. The Hall–Kier alpha value is -2.68. The SMILES string of the molecule is CC(CC(=O)O)c1cccc(-c2cccc3cccnc23)c1. The van der Waals surface area contributed by atoms with Gasteiger partial charge in [0.2, 0.25) is 0 Å². The van der Waals surface area contributed by atoms with Gasteiger partial charge in [0.05, 0.1) is 11.9 Å². The van der Waals surface area contributed by atoms with E-state index in [1.54, 1.807) is 6.20 Å². The molecular formula is C19H17NO2. The van der Waals surface area contributed by atoms with Crippen molar-refractivity contribution in [1.29, 1.82) is 0 Å². The molecule has 3 heteroatoms. The molecule has 2 aromatic carbocycles. The summed E-state index contributed by atoms with van der Waals surface area (Å²) in [6, 6.07) is 18.2. The normalized spacial score (nSPS) is 12.2. The zero-order valence-electron chi connectivity index (χ0n) is 12.4. The van der Waals surface area contributed by atoms with Crippen LogP contribution in [0.2, 0.25) is 0 Å². The first-order valence-electron chi connectivity index (χ1n) is 7.31. The molecule has 1 heterocycles.